The number of benzene rings is 1. The van der Waals surface area contributed by atoms with Gasteiger partial charge in [-0.15, -0.1) is 11.8 Å². The molecule has 3 heteroatoms. The van der Waals surface area contributed by atoms with Gasteiger partial charge in [0.1, 0.15) is 0 Å². The van der Waals surface area contributed by atoms with Crippen molar-refractivity contribution in [2.75, 3.05) is 18.2 Å². The molecule has 2 nitrogen and oxygen atoms in total. The number of nitrogens with zero attached hydrogens (tertiary/aromatic N) is 2. The van der Waals surface area contributed by atoms with Crippen molar-refractivity contribution in [3.05, 3.63) is 24.3 Å². The Morgan fingerprint density at radius 2 is 2.13 bits per heavy atom. The molecule has 1 aliphatic rings. The number of para-hydroxylation sites is 2. The van der Waals surface area contributed by atoms with Gasteiger partial charge in [-0.25, -0.2) is 4.99 Å². The van der Waals surface area contributed by atoms with Gasteiger partial charge in [0.25, 0.3) is 0 Å². The first kappa shape index (κ1) is 10.6. The van der Waals surface area contributed by atoms with Gasteiger partial charge in [0.2, 0.25) is 0 Å². The summed E-state index contributed by atoms with van der Waals surface area (Å²) in [7, 11) is 2.14. The molecule has 0 saturated heterocycles. The van der Waals surface area contributed by atoms with E-state index >= 15 is 0 Å². The van der Waals surface area contributed by atoms with Gasteiger partial charge < -0.3 is 4.90 Å². The van der Waals surface area contributed by atoms with Crippen molar-refractivity contribution in [3.63, 3.8) is 0 Å². The van der Waals surface area contributed by atoms with E-state index in [2.05, 4.69) is 43.3 Å². The Kier molecular flexibility index (Phi) is 3.00. The van der Waals surface area contributed by atoms with Crippen molar-refractivity contribution in [2.24, 2.45) is 4.99 Å². The molecule has 1 unspecified atom stereocenters. The highest BCUT2D eigenvalue weighted by molar-refractivity contribution is 8.13. The summed E-state index contributed by atoms with van der Waals surface area (Å²) in [6, 6.07) is 8.85. The zero-order valence-corrected chi connectivity index (χ0v) is 10.2. The summed E-state index contributed by atoms with van der Waals surface area (Å²) >= 11 is 1.75. The maximum absolute atomic E-state index is 4.70. The van der Waals surface area contributed by atoms with E-state index in [4.69, 9.17) is 4.99 Å². The largest absolute Gasteiger partial charge is 0.370 e. The summed E-state index contributed by atoms with van der Waals surface area (Å²) in [5.74, 6) is 0. The van der Waals surface area contributed by atoms with E-state index in [-0.39, 0.29) is 0 Å². The highest BCUT2D eigenvalue weighted by Crippen LogP contribution is 2.33. The van der Waals surface area contributed by atoms with Crippen LogP contribution in [0.25, 0.3) is 0 Å². The minimum Gasteiger partial charge on any atom is -0.370 e. The van der Waals surface area contributed by atoms with Crippen LogP contribution in [0.5, 0.6) is 0 Å². The second-order valence-corrected chi connectivity index (χ2v) is 4.74. The molecular weight excluding hydrogens is 204 g/mol. The van der Waals surface area contributed by atoms with Gasteiger partial charge in [0.05, 0.1) is 16.4 Å². The van der Waals surface area contributed by atoms with E-state index in [1.807, 2.05) is 6.07 Å². The fourth-order valence-corrected chi connectivity index (χ4v) is 2.39. The Balaban J connectivity index is 2.49. The minimum absolute atomic E-state index is 0.514. The molecule has 2 rings (SSSR count). The topological polar surface area (TPSA) is 15.6 Å². The van der Waals surface area contributed by atoms with E-state index in [0.29, 0.717) is 6.04 Å². The summed E-state index contributed by atoms with van der Waals surface area (Å²) in [6.07, 6.45) is 3.13. The highest BCUT2D eigenvalue weighted by atomic mass is 32.2. The molecule has 0 aromatic heterocycles. The van der Waals surface area contributed by atoms with Gasteiger partial charge >= 0.3 is 0 Å². The minimum atomic E-state index is 0.514. The average molecular weight is 220 g/mol. The van der Waals surface area contributed by atoms with E-state index in [1.165, 1.54) is 10.7 Å². The molecule has 0 N–H and O–H groups in total. The SMILES string of the molecule is CSC1=Nc2ccccc2N(C)C(C)C1. The second-order valence-electron chi connectivity index (χ2n) is 3.86. The van der Waals surface area contributed by atoms with Gasteiger partial charge in [0.15, 0.2) is 0 Å². The van der Waals surface area contributed by atoms with Crippen LogP contribution in [0.2, 0.25) is 0 Å². The third-order valence-corrected chi connectivity index (χ3v) is 3.60. The van der Waals surface area contributed by atoms with Gasteiger partial charge in [0, 0.05) is 19.5 Å². The fraction of sp³-hybridized carbons (Fsp3) is 0.417. The average Bonchev–Trinajstić information content (AvgIpc) is 2.38. The quantitative estimate of drug-likeness (QED) is 0.666. The predicted molar refractivity (Wildman–Crippen MR) is 69.5 cm³/mol. The van der Waals surface area contributed by atoms with Crippen LogP contribution >= 0.6 is 11.8 Å². The molecule has 0 amide bonds. The number of rotatable bonds is 0. The van der Waals surface area contributed by atoms with Crippen LogP contribution in [0.1, 0.15) is 13.3 Å². The molecule has 0 saturated carbocycles. The summed E-state index contributed by atoms with van der Waals surface area (Å²) in [5, 5.41) is 1.22. The summed E-state index contributed by atoms with van der Waals surface area (Å²) in [6.45, 7) is 2.24. The molecule has 15 heavy (non-hydrogen) atoms. The van der Waals surface area contributed by atoms with Crippen molar-refractivity contribution in [3.8, 4) is 0 Å². The molecule has 1 aliphatic heterocycles. The number of thioether (sulfide) groups is 1. The molecule has 0 radical (unpaired) electrons. The number of anilines is 1. The molecule has 0 bridgehead atoms. The molecule has 0 aliphatic carbocycles. The van der Waals surface area contributed by atoms with Crippen LogP contribution < -0.4 is 4.90 Å². The zero-order chi connectivity index (χ0) is 10.8. The first-order valence-electron chi connectivity index (χ1n) is 5.16. The van der Waals surface area contributed by atoms with Gasteiger partial charge in [-0.3, -0.25) is 0 Å². The lowest BCUT2D eigenvalue weighted by Gasteiger charge is -2.25. The van der Waals surface area contributed by atoms with E-state index in [1.54, 1.807) is 11.8 Å². The number of aliphatic imine (C=N–C) groups is 1. The lowest BCUT2D eigenvalue weighted by molar-refractivity contribution is 0.722. The van der Waals surface area contributed by atoms with Crippen molar-refractivity contribution >= 4 is 28.2 Å². The van der Waals surface area contributed by atoms with Crippen LogP contribution in [-0.2, 0) is 0 Å². The van der Waals surface area contributed by atoms with Gasteiger partial charge in [-0.2, -0.15) is 0 Å². The molecule has 1 aromatic rings. The Morgan fingerprint density at radius 3 is 2.87 bits per heavy atom. The molecule has 0 spiro atoms. The predicted octanol–water partition coefficient (Wildman–Crippen LogP) is 3.31. The molecule has 80 valence electrons. The maximum Gasteiger partial charge on any atom is 0.0872 e. The van der Waals surface area contributed by atoms with Crippen molar-refractivity contribution in [1.82, 2.24) is 0 Å². The summed E-state index contributed by atoms with van der Waals surface area (Å²) in [5.41, 5.74) is 2.32. The molecular formula is C12H16N2S. The Morgan fingerprint density at radius 1 is 1.40 bits per heavy atom. The van der Waals surface area contributed by atoms with E-state index < -0.39 is 0 Å². The van der Waals surface area contributed by atoms with Crippen molar-refractivity contribution in [1.29, 1.82) is 0 Å². The van der Waals surface area contributed by atoms with Crippen molar-refractivity contribution in [2.45, 2.75) is 19.4 Å². The highest BCUT2D eigenvalue weighted by Gasteiger charge is 2.19. The fourth-order valence-electron chi connectivity index (χ4n) is 1.79. The monoisotopic (exact) mass is 220 g/mol. The third kappa shape index (κ3) is 2.02. The third-order valence-electron chi connectivity index (χ3n) is 2.87. The molecule has 1 aromatic carbocycles. The van der Waals surface area contributed by atoms with Crippen LogP contribution in [0.15, 0.2) is 29.3 Å². The number of hydrogen-bond donors (Lipinski definition) is 0. The lowest BCUT2D eigenvalue weighted by Crippen LogP contribution is -2.29. The second kappa shape index (κ2) is 4.27. The number of fused-ring (bicyclic) bond motifs is 1. The van der Waals surface area contributed by atoms with Crippen LogP contribution in [-0.4, -0.2) is 24.4 Å². The normalized spacial score (nSPS) is 20.6. The van der Waals surface area contributed by atoms with Gasteiger partial charge in [-0.1, -0.05) is 12.1 Å². The summed E-state index contributed by atoms with van der Waals surface area (Å²) < 4.78 is 0. The zero-order valence-electron chi connectivity index (χ0n) is 9.40. The molecule has 0 fully saturated rings. The van der Waals surface area contributed by atoms with Crippen LogP contribution in [0.4, 0.5) is 11.4 Å². The Hall–Kier alpha value is -0.960. The Bertz CT molecular complexity index is 387. The lowest BCUT2D eigenvalue weighted by atomic mass is 10.2. The molecule has 1 heterocycles. The van der Waals surface area contributed by atoms with E-state index in [9.17, 15) is 0 Å². The van der Waals surface area contributed by atoms with Crippen LogP contribution in [0.3, 0.4) is 0 Å². The standard InChI is InChI=1S/C12H16N2S/c1-9-8-12(15-3)13-10-6-4-5-7-11(10)14(9)2/h4-7,9H,8H2,1-3H3. The smallest absolute Gasteiger partial charge is 0.0872 e. The molecule has 1 atom stereocenters. The van der Waals surface area contributed by atoms with Gasteiger partial charge in [-0.05, 0) is 25.3 Å². The first-order valence-corrected chi connectivity index (χ1v) is 6.38. The number of hydrogen-bond acceptors (Lipinski definition) is 3. The van der Waals surface area contributed by atoms with E-state index in [0.717, 1.165) is 12.1 Å². The summed E-state index contributed by atoms with van der Waals surface area (Å²) in [4.78, 5) is 7.00. The van der Waals surface area contributed by atoms with Crippen molar-refractivity contribution < 1.29 is 0 Å². The maximum atomic E-state index is 4.70. The first-order chi connectivity index (χ1) is 7.22. The Labute approximate surface area is 95.4 Å². The van der Waals surface area contributed by atoms with Crippen LogP contribution in [0, 0.1) is 0 Å².